The normalized spacial score (nSPS) is 11.7. The number of benzene rings is 2. The molecule has 0 aliphatic carbocycles. The molecule has 0 fully saturated rings. The van der Waals surface area contributed by atoms with Gasteiger partial charge in [0.1, 0.15) is 11.9 Å². The van der Waals surface area contributed by atoms with Gasteiger partial charge in [-0.3, -0.25) is 0 Å². The van der Waals surface area contributed by atoms with Crippen LogP contribution in [0.4, 0.5) is 5.69 Å². The van der Waals surface area contributed by atoms with E-state index in [9.17, 15) is 0 Å². The molecule has 2 rings (SSSR count). The summed E-state index contributed by atoms with van der Waals surface area (Å²) in [5.41, 5.74) is 1.93. The van der Waals surface area contributed by atoms with E-state index in [4.69, 9.17) is 18.9 Å². The third kappa shape index (κ3) is 7.47. The lowest BCUT2D eigenvalue weighted by molar-refractivity contribution is 0.230. The second-order valence-electron chi connectivity index (χ2n) is 6.50. The Labute approximate surface area is 196 Å². The fraction of sp³-hybridized carbons (Fsp3) is 0.409. The van der Waals surface area contributed by atoms with Gasteiger partial charge in [-0.1, -0.05) is 12.1 Å². The predicted molar refractivity (Wildman–Crippen MR) is 132 cm³/mol. The second kappa shape index (κ2) is 13.0. The second-order valence-corrected chi connectivity index (χ2v) is 6.50. The van der Waals surface area contributed by atoms with Crippen LogP contribution in [-0.2, 0) is 0 Å². The molecule has 0 saturated heterocycles. The molecule has 8 heteroatoms. The van der Waals surface area contributed by atoms with Crippen LogP contribution in [0.1, 0.15) is 19.4 Å². The Morgan fingerprint density at radius 2 is 1.70 bits per heavy atom. The Morgan fingerprint density at radius 1 is 1.03 bits per heavy atom. The molecule has 0 spiro atoms. The molecule has 0 radical (unpaired) electrons. The summed E-state index contributed by atoms with van der Waals surface area (Å²) >= 11 is 0. The SMILES string of the molecule is CCNC(=NCC(C)Oc1cccc(C)c1)Nc1cc(OC)c(OC)c(OC)c1.I. The topological polar surface area (TPSA) is 73.3 Å². The maximum absolute atomic E-state index is 5.96. The number of hydrogen-bond donors (Lipinski definition) is 2. The van der Waals surface area contributed by atoms with E-state index in [0.29, 0.717) is 29.8 Å². The number of aliphatic imine (C=N–C) groups is 1. The minimum atomic E-state index is -0.0767. The summed E-state index contributed by atoms with van der Waals surface area (Å²) in [5.74, 6) is 3.17. The van der Waals surface area contributed by atoms with Crippen molar-refractivity contribution < 1.29 is 18.9 Å². The molecule has 0 aliphatic heterocycles. The van der Waals surface area contributed by atoms with Gasteiger partial charge in [0.15, 0.2) is 17.5 Å². The lowest BCUT2D eigenvalue weighted by atomic mass is 10.2. The fourth-order valence-corrected chi connectivity index (χ4v) is 2.78. The van der Waals surface area contributed by atoms with Crippen molar-refractivity contribution in [2.75, 3.05) is 39.7 Å². The summed E-state index contributed by atoms with van der Waals surface area (Å²) < 4.78 is 22.1. The first-order valence-corrected chi connectivity index (χ1v) is 9.59. The molecule has 0 saturated carbocycles. The highest BCUT2D eigenvalue weighted by atomic mass is 127. The van der Waals surface area contributed by atoms with Crippen LogP contribution in [0.3, 0.4) is 0 Å². The van der Waals surface area contributed by atoms with Crippen LogP contribution in [0.5, 0.6) is 23.0 Å². The highest BCUT2D eigenvalue weighted by Crippen LogP contribution is 2.39. The van der Waals surface area contributed by atoms with Crippen LogP contribution in [0, 0.1) is 6.92 Å². The third-order valence-electron chi connectivity index (χ3n) is 4.11. The Bertz CT molecular complexity index is 805. The van der Waals surface area contributed by atoms with Crippen LogP contribution in [0.15, 0.2) is 41.4 Å². The van der Waals surface area contributed by atoms with Crippen LogP contribution in [-0.4, -0.2) is 46.5 Å². The summed E-state index contributed by atoms with van der Waals surface area (Å²) in [6.07, 6.45) is -0.0767. The lowest BCUT2D eigenvalue weighted by Crippen LogP contribution is -2.32. The van der Waals surface area contributed by atoms with Crippen molar-refractivity contribution in [3.05, 3.63) is 42.0 Å². The minimum absolute atomic E-state index is 0. The molecular weight excluding hydrogens is 497 g/mol. The monoisotopic (exact) mass is 529 g/mol. The van der Waals surface area contributed by atoms with Crippen molar-refractivity contribution in [1.29, 1.82) is 0 Å². The van der Waals surface area contributed by atoms with Crippen LogP contribution in [0.2, 0.25) is 0 Å². The molecule has 0 amide bonds. The molecule has 1 unspecified atom stereocenters. The number of rotatable bonds is 9. The van der Waals surface area contributed by atoms with Gasteiger partial charge in [-0.05, 0) is 38.5 Å². The van der Waals surface area contributed by atoms with Gasteiger partial charge in [0, 0.05) is 24.4 Å². The average Bonchev–Trinajstić information content (AvgIpc) is 2.71. The molecule has 0 aliphatic rings. The molecule has 7 nitrogen and oxygen atoms in total. The number of nitrogens with zero attached hydrogens (tertiary/aromatic N) is 1. The maximum atomic E-state index is 5.96. The predicted octanol–water partition coefficient (Wildman–Crippen LogP) is 4.48. The molecule has 1 atom stereocenters. The Balaban J connectivity index is 0.00000450. The zero-order valence-electron chi connectivity index (χ0n) is 18.4. The van der Waals surface area contributed by atoms with Crippen molar-refractivity contribution in [2.45, 2.75) is 26.9 Å². The number of nitrogens with one attached hydrogen (secondary N) is 2. The standard InChI is InChI=1S/C22H31N3O4.HI/c1-7-23-22(24-14-16(3)29-18-10-8-9-15(2)11-18)25-17-12-19(26-4)21(28-6)20(13-17)27-5;/h8-13,16H,7,14H2,1-6H3,(H2,23,24,25);1H. The Kier molecular flexibility index (Phi) is 11.2. The number of methoxy groups -OCH3 is 3. The molecule has 2 aromatic carbocycles. The Hall–Kier alpha value is -2.36. The van der Waals surface area contributed by atoms with Crippen LogP contribution >= 0.6 is 24.0 Å². The van der Waals surface area contributed by atoms with E-state index in [2.05, 4.69) is 15.6 Å². The quantitative estimate of drug-likeness (QED) is 0.284. The first-order chi connectivity index (χ1) is 14.0. The third-order valence-corrected chi connectivity index (χ3v) is 4.11. The van der Waals surface area contributed by atoms with E-state index in [1.807, 2.05) is 57.2 Å². The summed E-state index contributed by atoms with van der Waals surface area (Å²) in [4.78, 5) is 4.64. The zero-order valence-corrected chi connectivity index (χ0v) is 20.8. The molecule has 0 bridgehead atoms. The molecule has 30 heavy (non-hydrogen) atoms. The van der Waals surface area contributed by atoms with Crippen LogP contribution in [0.25, 0.3) is 0 Å². The van der Waals surface area contributed by atoms with Gasteiger partial charge in [0.05, 0.1) is 27.9 Å². The van der Waals surface area contributed by atoms with Crippen molar-refractivity contribution in [2.24, 2.45) is 4.99 Å². The number of hydrogen-bond acceptors (Lipinski definition) is 5. The first-order valence-electron chi connectivity index (χ1n) is 9.59. The molecule has 2 aromatic rings. The number of ether oxygens (including phenoxy) is 4. The van der Waals surface area contributed by atoms with Gasteiger partial charge in [-0.15, -0.1) is 24.0 Å². The molecule has 0 aromatic heterocycles. The molecule has 2 N–H and O–H groups in total. The summed E-state index contributed by atoms with van der Waals surface area (Å²) in [6.45, 7) is 7.27. The first kappa shape index (κ1) is 25.7. The van der Waals surface area contributed by atoms with Gasteiger partial charge in [0.2, 0.25) is 5.75 Å². The van der Waals surface area contributed by atoms with Gasteiger partial charge < -0.3 is 29.6 Å². The van der Waals surface area contributed by atoms with Gasteiger partial charge >= 0.3 is 0 Å². The van der Waals surface area contributed by atoms with E-state index in [0.717, 1.165) is 23.5 Å². The molecular formula is C22H32IN3O4. The largest absolute Gasteiger partial charge is 0.493 e. The fourth-order valence-electron chi connectivity index (χ4n) is 2.78. The van der Waals surface area contributed by atoms with Gasteiger partial charge in [-0.2, -0.15) is 0 Å². The number of guanidine groups is 1. The van der Waals surface area contributed by atoms with Crippen molar-refractivity contribution in [3.63, 3.8) is 0 Å². The highest BCUT2D eigenvalue weighted by molar-refractivity contribution is 14.0. The number of anilines is 1. The molecule has 0 heterocycles. The van der Waals surface area contributed by atoms with Gasteiger partial charge in [0.25, 0.3) is 0 Å². The molecule has 166 valence electrons. The van der Waals surface area contributed by atoms with Crippen molar-refractivity contribution >= 4 is 35.6 Å². The summed E-state index contributed by atoms with van der Waals surface area (Å²) in [6, 6.07) is 11.7. The lowest BCUT2D eigenvalue weighted by Gasteiger charge is -2.17. The minimum Gasteiger partial charge on any atom is -0.493 e. The van der Waals surface area contributed by atoms with E-state index in [1.54, 1.807) is 21.3 Å². The van der Waals surface area contributed by atoms with E-state index in [-0.39, 0.29) is 30.1 Å². The number of aryl methyl sites for hydroxylation is 1. The zero-order chi connectivity index (χ0) is 21.2. The summed E-state index contributed by atoms with van der Waals surface area (Å²) in [5, 5.41) is 6.51. The van der Waals surface area contributed by atoms with Crippen molar-refractivity contribution in [1.82, 2.24) is 5.32 Å². The van der Waals surface area contributed by atoms with Crippen LogP contribution < -0.4 is 29.6 Å². The van der Waals surface area contributed by atoms with E-state index in [1.165, 1.54) is 0 Å². The smallest absolute Gasteiger partial charge is 0.203 e. The Morgan fingerprint density at radius 3 is 2.23 bits per heavy atom. The van der Waals surface area contributed by atoms with E-state index < -0.39 is 0 Å². The van der Waals surface area contributed by atoms with E-state index >= 15 is 0 Å². The maximum Gasteiger partial charge on any atom is 0.203 e. The van der Waals surface area contributed by atoms with Gasteiger partial charge in [-0.25, -0.2) is 4.99 Å². The number of halogens is 1. The average molecular weight is 529 g/mol. The highest BCUT2D eigenvalue weighted by Gasteiger charge is 2.14. The summed E-state index contributed by atoms with van der Waals surface area (Å²) in [7, 11) is 4.75. The van der Waals surface area contributed by atoms with Crippen molar-refractivity contribution in [3.8, 4) is 23.0 Å².